The molecule has 0 saturated carbocycles. The second kappa shape index (κ2) is 12.2. The maximum atomic E-state index is 13.0. The molecule has 180 valence electrons. The molecule has 0 aliphatic rings. The number of benzene rings is 2. The molecule has 2 aromatic carbocycles. The number of para-hydroxylation sites is 1. The van der Waals surface area contributed by atoms with E-state index in [-0.39, 0.29) is 6.42 Å². The van der Waals surface area contributed by atoms with Crippen LogP contribution in [0.2, 0.25) is 0 Å². The maximum absolute atomic E-state index is 13.0. The van der Waals surface area contributed by atoms with Gasteiger partial charge in [-0.25, -0.2) is 4.79 Å². The minimum absolute atomic E-state index is 0.144. The Balaban J connectivity index is 1.65. The van der Waals surface area contributed by atoms with Crippen LogP contribution in [0, 0.1) is 0 Å². The van der Waals surface area contributed by atoms with Gasteiger partial charge in [-0.05, 0) is 42.0 Å². The van der Waals surface area contributed by atoms with Crippen LogP contribution in [-0.4, -0.2) is 58.0 Å². The number of H-pyrrole nitrogens is 1. The second-order valence-electron chi connectivity index (χ2n) is 8.10. The maximum Gasteiger partial charge on any atom is 0.326 e. The molecule has 0 bridgehead atoms. The molecule has 2 amide bonds. The smallest absolute Gasteiger partial charge is 0.326 e. The van der Waals surface area contributed by atoms with E-state index < -0.39 is 35.9 Å². The van der Waals surface area contributed by atoms with Gasteiger partial charge in [-0.1, -0.05) is 48.5 Å². The van der Waals surface area contributed by atoms with Gasteiger partial charge in [0.1, 0.15) is 12.1 Å². The van der Waals surface area contributed by atoms with Crippen LogP contribution in [0.3, 0.4) is 0 Å². The number of amides is 2. The van der Waals surface area contributed by atoms with Crippen molar-refractivity contribution < 1.29 is 19.5 Å². The van der Waals surface area contributed by atoms with Crippen LogP contribution in [0.1, 0.15) is 17.5 Å². The molecule has 0 fully saturated rings. The van der Waals surface area contributed by atoms with Crippen molar-refractivity contribution in [2.24, 2.45) is 5.73 Å². The Labute approximate surface area is 202 Å². The average Bonchev–Trinajstić information content (AvgIpc) is 3.24. The summed E-state index contributed by atoms with van der Waals surface area (Å²) in [5, 5.41) is 15.9. The van der Waals surface area contributed by atoms with Gasteiger partial charge in [-0.3, -0.25) is 9.59 Å². The first kappa shape index (κ1) is 25.3. The highest BCUT2D eigenvalue weighted by atomic mass is 32.2. The summed E-state index contributed by atoms with van der Waals surface area (Å²) in [7, 11) is 0. The van der Waals surface area contributed by atoms with Crippen LogP contribution >= 0.6 is 11.8 Å². The zero-order chi connectivity index (χ0) is 24.5. The van der Waals surface area contributed by atoms with Gasteiger partial charge in [0, 0.05) is 23.5 Å². The van der Waals surface area contributed by atoms with Crippen LogP contribution in [-0.2, 0) is 27.2 Å². The Morgan fingerprint density at radius 3 is 2.35 bits per heavy atom. The number of carboxylic acid groups (broad SMARTS) is 1. The van der Waals surface area contributed by atoms with Crippen LogP contribution in [0.4, 0.5) is 0 Å². The van der Waals surface area contributed by atoms with Gasteiger partial charge in [0.05, 0.1) is 6.04 Å². The first-order valence-corrected chi connectivity index (χ1v) is 12.5. The van der Waals surface area contributed by atoms with E-state index in [1.807, 2.05) is 54.9 Å². The van der Waals surface area contributed by atoms with Crippen LogP contribution < -0.4 is 16.4 Å². The number of carbonyl (C=O) groups excluding carboxylic acids is 2. The number of aliphatic carboxylic acids is 1. The van der Waals surface area contributed by atoms with Gasteiger partial charge >= 0.3 is 5.97 Å². The van der Waals surface area contributed by atoms with Gasteiger partial charge in [-0.15, -0.1) is 0 Å². The van der Waals surface area contributed by atoms with E-state index in [1.54, 1.807) is 12.1 Å². The number of fused-ring (bicyclic) bond motifs is 1. The fourth-order valence-electron chi connectivity index (χ4n) is 3.74. The van der Waals surface area contributed by atoms with Crippen LogP contribution in [0.5, 0.6) is 0 Å². The van der Waals surface area contributed by atoms with E-state index in [9.17, 15) is 19.5 Å². The van der Waals surface area contributed by atoms with Gasteiger partial charge < -0.3 is 26.5 Å². The molecule has 9 heteroatoms. The van der Waals surface area contributed by atoms with Gasteiger partial charge in [0.15, 0.2) is 0 Å². The fraction of sp³-hybridized carbons (Fsp3) is 0.320. The highest BCUT2D eigenvalue weighted by Crippen LogP contribution is 2.19. The number of thioether (sulfide) groups is 1. The number of carboxylic acids is 1. The quantitative estimate of drug-likeness (QED) is 0.268. The van der Waals surface area contributed by atoms with Crippen molar-refractivity contribution in [1.82, 2.24) is 15.6 Å². The molecule has 1 aromatic heterocycles. The molecule has 0 unspecified atom stereocenters. The van der Waals surface area contributed by atoms with Gasteiger partial charge in [0.2, 0.25) is 11.8 Å². The minimum Gasteiger partial charge on any atom is -0.480 e. The molecule has 3 rings (SSSR count). The first-order valence-electron chi connectivity index (χ1n) is 11.1. The lowest BCUT2D eigenvalue weighted by molar-refractivity contribution is -0.142. The molecule has 6 N–H and O–H groups in total. The highest BCUT2D eigenvalue weighted by molar-refractivity contribution is 7.98. The van der Waals surface area contributed by atoms with Gasteiger partial charge in [-0.2, -0.15) is 11.8 Å². The molecule has 8 nitrogen and oxygen atoms in total. The van der Waals surface area contributed by atoms with E-state index in [2.05, 4.69) is 15.6 Å². The molecule has 0 saturated heterocycles. The molecule has 0 spiro atoms. The van der Waals surface area contributed by atoms with Crippen molar-refractivity contribution in [2.45, 2.75) is 37.4 Å². The number of rotatable bonds is 12. The first-order chi connectivity index (χ1) is 16.4. The molecule has 0 radical (unpaired) electrons. The Kier molecular flexibility index (Phi) is 9.12. The van der Waals surface area contributed by atoms with E-state index in [0.29, 0.717) is 18.6 Å². The zero-order valence-electron chi connectivity index (χ0n) is 19.0. The summed E-state index contributed by atoms with van der Waals surface area (Å²) >= 11 is 1.53. The Morgan fingerprint density at radius 2 is 1.65 bits per heavy atom. The molecular formula is C25H30N4O4S. The molecule has 34 heavy (non-hydrogen) atoms. The molecule has 0 aliphatic heterocycles. The standard InChI is InChI=1S/C25H30N4O4S/c1-34-12-11-21(24(31)29-22(25(32)33)13-16-7-3-2-4-8-16)28-23(30)19(26)14-17-15-27-20-10-6-5-9-18(17)20/h2-10,15,19,21-22,27H,11-14,26H2,1H3,(H,28,30)(H,29,31)(H,32,33)/t19-,21-,22-/m0/s1. The lowest BCUT2D eigenvalue weighted by atomic mass is 10.0. The molecule has 1 heterocycles. The topological polar surface area (TPSA) is 137 Å². The van der Waals surface area contributed by atoms with Crippen molar-refractivity contribution in [3.8, 4) is 0 Å². The zero-order valence-corrected chi connectivity index (χ0v) is 19.8. The van der Waals surface area contributed by atoms with Gasteiger partial charge in [0.25, 0.3) is 0 Å². The van der Waals surface area contributed by atoms with Crippen molar-refractivity contribution in [3.05, 3.63) is 71.9 Å². The Bertz CT molecular complexity index is 1120. The summed E-state index contributed by atoms with van der Waals surface area (Å²) in [5.74, 6) is -1.51. The molecule has 3 atom stereocenters. The number of carbonyl (C=O) groups is 3. The summed E-state index contributed by atoms with van der Waals surface area (Å²) in [4.78, 5) is 40.7. The van der Waals surface area contributed by atoms with Crippen molar-refractivity contribution in [3.63, 3.8) is 0 Å². The second-order valence-corrected chi connectivity index (χ2v) is 9.09. The monoisotopic (exact) mass is 482 g/mol. The largest absolute Gasteiger partial charge is 0.480 e. The summed E-state index contributed by atoms with van der Waals surface area (Å²) < 4.78 is 0. The van der Waals surface area contributed by atoms with E-state index in [0.717, 1.165) is 22.0 Å². The highest BCUT2D eigenvalue weighted by Gasteiger charge is 2.28. The predicted molar refractivity (Wildman–Crippen MR) is 135 cm³/mol. The van der Waals surface area contributed by atoms with Crippen molar-refractivity contribution >= 4 is 40.4 Å². The minimum atomic E-state index is -1.14. The van der Waals surface area contributed by atoms with Crippen molar-refractivity contribution in [1.29, 1.82) is 0 Å². The number of aromatic amines is 1. The number of hydrogen-bond donors (Lipinski definition) is 5. The predicted octanol–water partition coefficient (Wildman–Crippen LogP) is 2.09. The summed E-state index contributed by atoms with van der Waals surface area (Å²) in [5.41, 5.74) is 8.84. The summed E-state index contributed by atoms with van der Waals surface area (Å²) in [6.07, 6.45) is 4.53. The third-order valence-corrected chi connectivity index (χ3v) is 6.24. The molecular weight excluding hydrogens is 452 g/mol. The van der Waals surface area contributed by atoms with Crippen LogP contribution in [0.15, 0.2) is 60.8 Å². The summed E-state index contributed by atoms with van der Waals surface area (Å²) in [6.45, 7) is 0. The third kappa shape index (κ3) is 6.85. The lowest BCUT2D eigenvalue weighted by Crippen LogP contribution is -2.55. The Morgan fingerprint density at radius 1 is 0.971 bits per heavy atom. The number of nitrogens with one attached hydrogen (secondary N) is 3. The van der Waals surface area contributed by atoms with E-state index in [4.69, 9.17) is 5.73 Å². The normalized spacial score (nSPS) is 13.7. The third-order valence-electron chi connectivity index (χ3n) is 5.59. The lowest BCUT2D eigenvalue weighted by Gasteiger charge is -2.23. The number of aromatic nitrogens is 1. The van der Waals surface area contributed by atoms with E-state index >= 15 is 0 Å². The van der Waals surface area contributed by atoms with Crippen molar-refractivity contribution in [2.75, 3.05) is 12.0 Å². The number of hydrogen-bond acceptors (Lipinski definition) is 5. The Hall–Kier alpha value is -3.30. The molecule has 3 aromatic rings. The average molecular weight is 483 g/mol. The fourth-order valence-corrected chi connectivity index (χ4v) is 4.21. The SMILES string of the molecule is CSCC[C@H](NC(=O)[C@@H](N)Cc1c[nH]c2ccccc12)C(=O)N[C@@H](Cc1ccccc1)C(=O)O. The summed E-state index contributed by atoms with van der Waals surface area (Å²) in [6, 6.07) is 14.0. The number of nitrogens with two attached hydrogens (primary N) is 1. The van der Waals surface area contributed by atoms with Crippen LogP contribution in [0.25, 0.3) is 10.9 Å². The van der Waals surface area contributed by atoms with E-state index in [1.165, 1.54) is 11.8 Å². The molecule has 0 aliphatic carbocycles.